The molecule has 0 fully saturated rings. The van der Waals surface area contributed by atoms with Crippen LogP contribution in [-0.4, -0.2) is 30.7 Å². The molecule has 0 amide bonds. The van der Waals surface area contributed by atoms with Crippen LogP contribution in [0.2, 0.25) is 0 Å². The zero-order valence-corrected chi connectivity index (χ0v) is 15.4. The maximum atomic E-state index is 12.6. The van der Waals surface area contributed by atoms with Gasteiger partial charge in [-0.1, -0.05) is 12.1 Å². The maximum absolute atomic E-state index is 12.6. The van der Waals surface area contributed by atoms with E-state index in [0.717, 1.165) is 0 Å². The molecule has 0 aliphatic carbocycles. The lowest BCUT2D eigenvalue weighted by Crippen LogP contribution is -2.42. The van der Waals surface area contributed by atoms with Gasteiger partial charge in [0.1, 0.15) is 0 Å². The highest BCUT2D eigenvalue weighted by Crippen LogP contribution is 2.30. The maximum Gasteiger partial charge on any atom is 0.493 e. The summed E-state index contributed by atoms with van der Waals surface area (Å²) < 4.78 is 48.6. The SMILES string of the molecule is N=C(N)N(OC(=O)C(F)(F)F)c1ccc2c(c1)CCCOc1ccccc1OC2=O. The minimum absolute atomic E-state index is 0.134. The van der Waals surface area contributed by atoms with Crippen LogP contribution in [0.4, 0.5) is 18.9 Å². The molecule has 1 heterocycles. The van der Waals surface area contributed by atoms with Gasteiger partial charge in [-0.05, 0) is 48.7 Å². The van der Waals surface area contributed by atoms with Crippen LogP contribution in [0.1, 0.15) is 22.3 Å². The van der Waals surface area contributed by atoms with Crippen LogP contribution in [-0.2, 0) is 16.1 Å². The highest BCUT2D eigenvalue weighted by Gasteiger charge is 2.43. The number of hydroxylamine groups is 1. The molecule has 0 radical (unpaired) electrons. The van der Waals surface area contributed by atoms with Crippen LogP contribution >= 0.6 is 0 Å². The Hall–Kier alpha value is -3.76. The van der Waals surface area contributed by atoms with Crippen molar-refractivity contribution in [2.24, 2.45) is 5.73 Å². The summed E-state index contributed by atoms with van der Waals surface area (Å²) in [5.41, 5.74) is 5.70. The largest absolute Gasteiger partial charge is 0.493 e. The normalized spacial score (nSPS) is 13.8. The lowest BCUT2D eigenvalue weighted by molar-refractivity contribution is -0.199. The van der Waals surface area contributed by atoms with Crippen LogP contribution in [0.25, 0.3) is 0 Å². The summed E-state index contributed by atoms with van der Waals surface area (Å²) in [6.45, 7) is 0.289. The molecule has 3 rings (SSSR count). The molecule has 11 heteroatoms. The minimum atomic E-state index is -5.28. The van der Waals surface area contributed by atoms with Crippen LogP contribution in [0.3, 0.4) is 0 Å². The second-order valence-electron chi connectivity index (χ2n) is 6.19. The van der Waals surface area contributed by atoms with Gasteiger partial charge in [-0.25, -0.2) is 9.59 Å². The number of alkyl halides is 3. The molecule has 3 N–H and O–H groups in total. The van der Waals surface area contributed by atoms with Gasteiger partial charge in [0.25, 0.3) is 0 Å². The second-order valence-corrected chi connectivity index (χ2v) is 6.19. The van der Waals surface area contributed by atoms with Gasteiger partial charge in [-0.2, -0.15) is 13.2 Å². The monoisotopic (exact) mass is 423 g/mol. The topological polar surface area (TPSA) is 115 Å². The fourth-order valence-electron chi connectivity index (χ4n) is 2.74. The summed E-state index contributed by atoms with van der Waals surface area (Å²) in [7, 11) is 0. The predicted octanol–water partition coefficient (Wildman–Crippen LogP) is 2.95. The molecule has 8 nitrogen and oxygen atoms in total. The number of hydrogen-bond donors (Lipinski definition) is 2. The standard InChI is InChI=1S/C19H16F3N3O5/c20-19(21,22)17(27)30-25(18(23)24)12-7-8-13-11(10-12)4-3-9-28-14-5-1-2-6-15(14)29-16(13)26/h1-2,5-8,10H,3-4,9H2,(H3,23,24). The van der Waals surface area contributed by atoms with E-state index < -0.39 is 24.1 Å². The number of nitrogens with two attached hydrogens (primary N) is 1. The molecular weight excluding hydrogens is 407 g/mol. The minimum Gasteiger partial charge on any atom is -0.490 e. The Kier molecular flexibility index (Phi) is 5.81. The van der Waals surface area contributed by atoms with Gasteiger partial charge in [-0.15, -0.1) is 5.06 Å². The lowest BCUT2D eigenvalue weighted by Gasteiger charge is -2.23. The fraction of sp³-hybridized carbons (Fsp3) is 0.211. The number of aryl methyl sites for hydroxylation is 1. The van der Waals surface area contributed by atoms with Gasteiger partial charge in [0.15, 0.2) is 11.5 Å². The predicted molar refractivity (Wildman–Crippen MR) is 98.2 cm³/mol. The average molecular weight is 423 g/mol. The Bertz CT molecular complexity index is 994. The van der Waals surface area contributed by atoms with Gasteiger partial charge >= 0.3 is 18.1 Å². The fourth-order valence-corrected chi connectivity index (χ4v) is 2.74. The summed E-state index contributed by atoms with van der Waals surface area (Å²) >= 11 is 0. The van der Waals surface area contributed by atoms with E-state index >= 15 is 0 Å². The molecule has 0 unspecified atom stereocenters. The summed E-state index contributed by atoms with van der Waals surface area (Å²) in [5, 5.41) is 7.67. The van der Waals surface area contributed by atoms with Gasteiger partial charge in [0.2, 0.25) is 5.96 Å². The van der Waals surface area contributed by atoms with E-state index in [-0.39, 0.29) is 28.7 Å². The van der Waals surface area contributed by atoms with Crippen molar-refractivity contribution >= 4 is 23.6 Å². The third kappa shape index (κ3) is 4.62. The number of benzene rings is 2. The first-order valence-electron chi connectivity index (χ1n) is 8.67. The summed E-state index contributed by atoms with van der Waals surface area (Å²) in [4.78, 5) is 28.0. The number of para-hydroxylation sites is 2. The van der Waals surface area contributed by atoms with Crippen molar-refractivity contribution in [2.75, 3.05) is 11.7 Å². The third-order valence-electron chi connectivity index (χ3n) is 4.07. The number of halogens is 3. The van der Waals surface area contributed by atoms with Crippen molar-refractivity contribution in [3.8, 4) is 11.5 Å². The number of carbonyl (C=O) groups is 2. The number of nitrogens with one attached hydrogen (secondary N) is 1. The van der Waals surface area contributed by atoms with Gasteiger partial charge in [0, 0.05) is 0 Å². The van der Waals surface area contributed by atoms with Crippen molar-refractivity contribution in [3.63, 3.8) is 0 Å². The van der Waals surface area contributed by atoms with E-state index in [1.807, 2.05) is 0 Å². The molecule has 158 valence electrons. The number of guanidine groups is 1. The number of carbonyl (C=O) groups excluding carboxylic acids is 2. The zero-order valence-electron chi connectivity index (χ0n) is 15.4. The first-order chi connectivity index (χ1) is 14.2. The number of anilines is 1. The molecule has 0 saturated heterocycles. The van der Waals surface area contributed by atoms with E-state index in [9.17, 15) is 22.8 Å². The number of rotatable bonds is 1. The first-order valence-corrected chi connectivity index (χ1v) is 8.67. The third-order valence-corrected chi connectivity index (χ3v) is 4.07. The van der Waals surface area contributed by atoms with Crippen molar-refractivity contribution in [1.29, 1.82) is 5.41 Å². The van der Waals surface area contributed by atoms with Crippen LogP contribution < -0.4 is 20.3 Å². The number of esters is 1. The highest BCUT2D eigenvalue weighted by atomic mass is 19.4. The van der Waals surface area contributed by atoms with E-state index in [1.54, 1.807) is 24.3 Å². The summed E-state index contributed by atoms with van der Waals surface area (Å²) in [6.07, 6.45) is -4.50. The lowest BCUT2D eigenvalue weighted by atomic mass is 10.0. The quantitative estimate of drug-likeness (QED) is 0.238. The van der Waals surface area contributed by atoms with Gasteiger partial charge in [-0.3, -0.25) is 5.41 Å². The summed E-state index contributed by atoms with van der Waals surface area (Å²) in [6, 6.07) is 10.4. The van der Waals surface area contributed by atoms with Gasteiger partial charge < -0.3 is 20.0 Å². The number of hydrogen-bond acceptors (Lipinski definition) is 6. The van der Waals surface area contributed by atoms with Crippen LogP contribution in [0, 0.1) is 5.41 Å². The smallest absolute Gasteiger partial charge is 0.490 e. The van der Waals surface area contributed by atoms with Crippen molar-refractivity contribution in [2.45, 2.75) is 19.0 Å². The first kappa shape index (κ1) is 21.0. The second kappa shape index (κ2) is 8.31. The van der Waals surface area contributed by atoms with E-state index in [1.165, 1.54) is 18.2 Å². The average Bonchev–Trinajstić information content (AvgIpc) is 2.69. The zero-order chi connectivity index (χ0) is 21.9. The number of ether oxygens (including phenoxy) is 2. The Labute approximate surface area is 168 Å². The molecule has 0 aromatic heterocycles. The van der Waals surface area contributed by atoms with Crippen molar-refractivity contribution < 1.29 is 37.1 Å². The van der Waals surface area contributed by atoms with E-state index in [2.05, 4.69) is 4.84 Å². The summed E-state index contributed by atoms with van der Waals surface area (Å²) in [5.74, 6) is -3.55. The van der Waals surface area contributed by atoms with Crippen molar-refractivity contribution in [3.05, 3.63) is 53.6 Å². The highest BCUT2D eigenvalue weighted by molar-refractivity contribution is 5.96. The molecular formula is C19H16F3N3O5. The molecule has 0 atom stereocenters. The molecule has 0 saturated carbocycles. The Morgan fingerprint density at radius 1 is 1.17 bits per heavy atom. The van der Waals surface area contributed by atoms with Crippen molar-refractivity contribution in [1.82, 2.24) is 0 Å². The Morgan fingerprint density at radius 3 is 2.53 bits per heavy atom. The Morgan fingerprint density at radius 2 is 1.87 bits per heavy atom. The van der Waals surface area contributed by atoms with Crippen LogP contribution in [0.5, 0.6) is 11.5 Å². The molecule has 30 heavy (non-hydrogen) atoms. The molecule has 2 aromatic carbocycles. The molecule has 1 aliphatic heterocycles. The number of fused-ring (bicyclic) bond motifs is 2. The van der Waals surface area contributed by atoms with Gasteiger partial charge in [0.05, 0.1) is 17.9 Å². The molecule has 0 spiro atoms. The number of nitrogens with zero attached hydrogens (tertiary/aromatic N) is 1. The molecule has 0 bridgehead atoms. The Balaban J connectivity index is 1.94. The molecule has 2 aromatic rings. The van der Waals surface area contributed by atoms with Crippen LogP contribution in [0.15, 0.2) is 42.5 Å². The van der Waals surface area contributed by atoms with E-state index in [4.69, 9.17) is 20.6 Å². The molecule has 1 aliphatic rings. The van der Waals surface area contributed by atoms with E-state index in [0.29, 0.717) is 24.2 Å².